The van der Waals surface area contributed by atoms with Crippen LogP contribution in [0.5, 0.6) is 0 Å². The second kappa shape index (κ2) is 7.76. The number of anilines is 1. The molecule has 0 bridgehead atoms. The van der Waals surface area contributed by atoms with Crippen molar-refractivity contribution in [1.29, 1.82) is 0 Å². The number of rotatable bonds is 4. The molecular formula is C19H25N3O4. The molecule has 1 aliphatic carbocycles. The van der Waals surface area contributed by atoms with E-state index in [4.69, 9.17) is 4.74 Å². The van der Waals surface area contributed by atoms with E-state index in [1.165, 1.54) is 0 Å². The summed E-state index contributed by atoms with van der Waals surface area (Å²) in [5, 5.41) is 0. The summed E-state index contributed by atoms with van der Waals surface area (Å²) in [6.45, 7) is 4.04. The van der Waals surface area contributed by atoms with Crippen molar-refractivity contribution in [2.45, 2.75) is 13.3 Å². The Morgan fingerprint density at radius 2 is 1.65 bits per heavy atom. The van der Waals surface area contributed by atoms with Gasteiger partial charge in [0.25, 0.3) is 0 Å². The van der Waals surface area contributed by atoms with Crippen LogP contribution in [0.15, 0.2) is 30.3 Å². The van der Waals surface area contributed by atoms with Crippen molar-refractivity contribution < 1.29 is 19.1 Å². The molecule has 0 N–H and O–H groups in total. The smallest absolute Gasteiger partial charge is 0.409 e. The summed E-state index contributed by atoms with van der Waals surface area (Å²) in [6, 6.07) is 9.44. The molecule has 2 atom stereocenters. The zero-order chi connectivity index (χ0) is 18.7. The molecular weight excluding hydrogens is 334 g/mol. The average molecular weight is 359 g/mol. The maximum atomic E-state index is 12.7. The number of nitrogens with zero attached hydrogens (tertiary/aromatic N) is 3. The summed E-state index contributed by atoms with van der Waals surface area (Å²) in [5.41, 5.74) is 0.832. The molecule has 1 saturated heterocycles. The van der Waals surface area contributed by atoms with E-state index in [2.05, 4.69) is 0 Å². The Kier molecular flexibility index (Phi) is 5.44. The first-order chi connectivity index (χ1) is 12.5. The van der Waals surface area contributed by atoms with Crippen molar-refractivity contribution in [3.05, 3.63) is 30.3 Å². The number of para-hydroxylation sites is 1. The first-order valence-electron chi connectivity index (χ1n) is 9.06. The van der Waals surface area contributed by atoms with Crippen LogP contribution >= 0.6 is 0 Å². The number of piperazine rings is 1. The Balaban J connectivity index is 1.50. The summed E-state index contributed by atoms with van der Waals surface area (Å²) in [7, 11) is 1.75. The van der Waals surface area contributed by atoms with E-state index in [1.54, 1.807) is 28.7 Å². The molecule has 7 heteroatoms. The van der Waals surface area contributed by atoms with Crippen LogP contribution in [0.2, 0.25) is 0 Å². The van der Waals surface area contributed by atoms with E-state index in [0.29, 0.717) is 39.2 Å². The fourth-order valence-corrected chi connectivity index (χ4v) is 3.33. The topological polar surface area (TPSA) is 70.2 Å². The molecule has 26 heavy (non-hydrogen) atoms. The lowest BCUT2D eigenvalue weighted by Crippen LogP contribution is -2.51. The Bertz CT molecular complexity index is 671. The monoisotopic (exact) mass is 359 g/mol. The highest BCUT2D eigenvalue weighted by molar-refractivity contribution is 6.00. The summed E-state index contributed by atoms with van der Waals surface area (Å²) in [5.74, 6) is -0.466. The molecule has 0 spiro atoms. The minimum Gasteiger partial charge on any atom is -0.450 e. The van der Waals surface area contributed by atoms with Crippen LogP contribution in [0.25, 0.3) is 0 Å². The van der Waals surface area contributed by atoms with Crippen LogP contribution in [0.1, 0.15) is 13.3 Å². The van der Waals surface area contributed by atoms with Crippen molar-refractivity contribution in [3.63, 3.8) is 0 Å². The number of hydrogen-bond acceptors (Lipinski definition) is 4. The van der Waals surface area contributed by atoms with Crippen LogP contribution in [-0.4, -0.2) is 67.5 Å². The highest BCUT2D eigenvalue weighted by Gasteiger charge is 2.50. The normalized spacial score (nSPS) is 21.9. The highest BCUT2D eigenvalue weighted by atomic mass is 16.6. The molecule has 7 nitrogen and oxygen atoms in total. The standard InChI is InChI=1S/C19H25N3O4/c1-3-26-19(25)22-11-9-21(10-12-22)18(24)16-13-15(16)17(23)20(2)14-7-5-4-6-8-14/h4-8,15-16H,3,9-13H2,1-2H3. The highest BCUT2D eigenvalue weighted by Crippen LogP contribution is 2.42. The minimum atomic E-state index is -0.330. The summed E-state index contributed by atoms with van der Waals surface area (Å²) >= 11 is 0. The number of ether oxygens (including phenoxy) is 1. The maximum absolute atomic E-state index is 12.7. The van der Waals surface area contributed by atoms with Gasteiger partial charge < -0.3 is 19.4 Å². The fourth-order valence-electron chi connectivity index (χ4n) is 3.33. The van der Waals surface area contributed by atoms with E-state index in [1.807, 2.05) is 30.3 Å². The molecule has 1 aromatic rings. The third kappa shape index (κ3) is 3.81. The van der Waals surface area contributed by atoms with Gasteiger partial charge in [-0.2, -0.15) is 0 Å². The average Bonchev–Trinajstić information content (AvgIpc) is 3.48. The van der Waals surface area contributed by atoms with Crippen molar-refractivity contribution in [1.82, 2.24) is 9.80 Å². The lowest BCUT2D eigenvalue weighted by Gasteiger charge is -2.34. The molecule has 2 unspecified atom stereocenters. The molecule has 0 aromatic heterocycles. The van der Waals surface area contributed by atoms with Gasteiger partial charge in [-0.1, -0.05) is 18.2 Å². The van der Waals surface area contributed by atoms with Crippen LogP contribution in [-0.2, 0) is 14.3 Å². The second-order valence-corrected chi connectivity index (χ2v) is 6.69. The van der Waals surface area contributed by atoms with E-state index in [9.17, 15) is 14.4 Å². The number of carbonyl (C=O) groups is 3. The van der Waals surface area contributed by atoms with Gasteiger partial charge in [-0.05, 0) is 25.5 Å². The quantitative estimate of drug-likeness (QED) is 0.819. The molecule has 1 saturated carbocycles. The van der Waals surface area contributed by atoms with Crippen LogP contribution in [0.4, 0.5) is 10.5 Å². The summed E-state index contributed by atoms with van der Waals surface area (Å²) in [4.78, 5) is 42.0. The Morgan fingerprint density at radius 1 is 1.04 bits per heavy atom. The molecule has 1 aliphatic heterocycles. The van der Waals surface area contributed by atoms with E-state index in [-0.39, 0.29) is 29.7 Å². The third-order valence-electron chi connectivity index (χ3n) is 5.02. The fraction of sp³-hybridized carbons (Fsp3) is 0.526. The Labute approximate surface area is 153 Å². The lowest BCUT2D eigenvalue weighted by molar-refractivity contribution is -0.135. The SMILES string of the molecule is CCOC(=O)N1CCN(C(=O)C2CC2C(=O)N(C)c2ccccc2)CC1. The van der Waals surface area contributed by atoms with Crippen molar-refractivity contribution >= 4 is 23.6 Å². The minimum absolute atomic E-state index is 0.0142. The lowest BCUT2D eigenvalue weighted by atomic mass is 10.2. The van der Waals surface area contributed by atoms with Crippen LogP contribution < -0.4 is 4.90 Å². The summed E-state index contributed by atoms with van der Waals surface area (Å²) < 4.78 is 4.99. The van der Waals surface area contributed by atoms with Crippen LogP contribution in [0, 0.1) is 11.8 Å². The van der Waals surface area contributed by atoms with Gasteiger partial charge in [0.05, 0.1) is 18.4 Å². The number of amides is 3. The molecule has 140 valence electrons. The van der Waals surface area contributed by atoms with Crippen molar-refractivity contribution in [2.24, 2.45) is 11.8 Å². The Hall–Kier alpha value is -2.57. The largest absolute Gasteiger partial charge is 0.450 e. The molecule has 2 fully saturated rings. The Morgan fingerprint density at radius 3 is 2.27 bits per heavy atom. The molecule has 3 rings (SSSR count). The molecule has 1 aromatic carbocycles. The van der Waals surface area contributed by atoms with E-state index >= 15 is 0 Å². The van der Waals surface area contributed by atoms with Gasteiger partial charge in [0.15, 0.2) is 0 Å². The van der Waals surface area contributed by atoms with Gasteiger partial charge in [0, 0.05) is 38.9 Å². The van der Waals surface area contributed by atoms with Gasteiger partial charge in [0.1, 0.15) is 0 Å². The van der Waals surface area contributed by atoms with Gasteiger partial charge >= 0.3 is 6.09 Å². The number of benzene rings is 1. The second-order valence-electron chi connectivity index (χ2n) is 6.69. The number of carbonyl (C=O) groups excluding carboxylic acids is 3. The van der Waals surface area contributed by atoms with Gasteiger partial charge in [-0.15, -0.1) is 0 Å². The summed E-state index contributed by atoms with van der Waals surface area (Å²) in [6.07, 6.45) is 0.274. The maximum Gasteiger partial charge on any atom is 0.409 e. The van der Waals surface area contributed by atoms with Gasteiger partial charge in [-0.3, -0.25) is 9.59 Å². The molecule has 1 heterocycles. The predicted octanol–water partition coefficient (Wildman–Crippen LogP) is 1.59. The predicted molar refractivity (Wildman–Crippen MR) is 96.6 cm³/mol. The zero-order valence-electron chi connectivity index (χ0n) is 15.3. The number of hydrogen-bond donors (Lipinski definition) is 0. The van der Waals surface area contributed by atoms with Crippen LogP contribution in [0.3, 0.4) is 0 Å². The third-order valence-corrected chi connectivity index (χ3v) is 5.02. The zero-order valence-corrected chi connectivity index (χ0v) is 15.3. The van der Waals surface area contributed by atoms with E-state index < -0.39 is 0 Å². The van der Waals surface area contributed by atoms with E-state index in [0.717, 1.165) is 5.69 Å². The first-order valence-corrected chi connectivity index (χ1v) is 9.06. The van der Waals surface area contributed by atoms with Gasteiger partial charge in [-0.25, -0.2) is 4.79 Å². The van der Waals surface area contributed by atoms with Crippen molar-refractivity contribution in [2.75, 3.05) is 44.7 Å². The molecule has 2 aliphatic rings. The molecule has 0 radical (unpaired) electrons. The van der Waals surface area contributed by atoms with Crippen molar-refractivity contribution in [3.8, 4) is 0 Å². The first kappa shape index (κ1) is 18.2. The van der Waals surface area contributed by atoms with Gasteiger partial charge in [0.2, 0.25) is 11.8 Å². The molecule has 3 amide bonds.